The summed E-state index contributed by atoms with van der Waals surface area (Å²) in [5.41, 5.74) is 2.92. The van der Waals surface area contributed by atoms with Crippen LogP contribution >= 0.6 is 11.6 Å². The first-order chi connectivity index (χ1) is 17.0. The van der Waals surface area contributed by atoms with Crippen molar-refractivity contribution in [3.63, 3.8) is 0 Å². The molecule has 7 nitrogen and oxygen atoms in total. The van der Waals surface area contributed by atoms with Gasteiger partial charge in [-0.25, -0.2) is 8.42 Å². The van der Waals surface area contributed by atoms with E-state index in [1.807, 2.05) is 31.2 Å². The average molecular weight is 534 g/mol. The molecule has 1 saturated carbocycles. The van der Waals surface area contributed by atoms with Crippen molar-refractivity contribution in [3.05, 3.63) is 64.2 Å². The molecule has 0 radical (unpaired) electrons. The van der Waals surface area contributed by atoms with Gasteiger partial charge in [-0.05, 0) is 62.9 Å². The van der Waals surface area contributed by atoms with Crippen LogP contribution in [0.3, 0.4) is 0 Å². The first-order valence-corrected chi connectivity index (χ1v) is 14.6. The molecule has 1 atom stereocenters. The van der Waals surface area contributed by atoms with E-state index in [-0.39, 0.29) is 18.5 Å². The van der Waals surface area contributed by atoms with E-state index in [9.17, 15) is 18.0 Å². The van der Waals surface area contributed by atoms with E-state index in [4.69, 9.17) is 11.6 Å². The molecule has 0 unspecified atom stereocenters. The van der Waals surface area contributed by atoms with Gasteiger partial charge in [0.05, 0.1) is 11.9 Å². The number of carbonyl (C=O) groups is 2. The van der Waals surface area contributed by atoms with Gasteiger partial charge in [0.1, 0.15) is 12.6 Å². The van der Waals surface area contributed by atoms with Gasteiger partial charge in [0, 0.05) is 17.6 Å². The zero-order valence-corrected chi connectivity index (χ0v) is 23.0. The van der Waals surface area contributed by atoms with E-state index in [2.05, 4.69) is 5.32 Å². The summed E-state index contributed by atoms with van der Waals surface area (Å²) in [6, 6.07) is 11.9. The van der Waals surface area contributed by atoms with Gasteiger partial charge in [0.15, 0.2) is 0 Å². The monoisotopic (exact) mass is 533 g/mol. The van der Waals surface area contributed by atoms with E-state index in [0.29, 0.717) is 16.3 Å². The number of hydrogen-bond acceptors (Lipinski definition) is 4. The predicted molar refractivity (Wildman–Crippen MR) is 145 cm³/mol. The lowest BCUT2D eigenvalue weighted by atomic mass is 9.95. The first kappa shape index (κ1) is 28.0. The Morgan fingerprint density at radius 2 is 1.78 bits per heavy atom. The molecule has 0 spiro atoms. The Morgan fingerprint density at radius 1 is 1.08 bits per heavy atom. The van der Waals surface area contributed by atoms with Gasteiger partial charge in [0.25, 0.3) is 0 Å². The average Bonchev–Trinajstić information content (AvgIpc) is 2.81. The maximum atomic E-state index is 13.7. The Balaban J connectivity index is 1.89. The van der Waals surface area contributed by atoms with Crippen molar-refractivity contribution in [3.8, 4) is 0 Å². The molecule has 0 bridgehead atoms. The third kappa shape index (κ3) is 7.46. The minimum Gasteiger partial charge on any atom is -0.352 e. The molecule has 0 saturated heterocycles. The van der Waals surface area contributed by atoms with Crippen LogP contribution in [0.15, 0.2) is 42.5 Å². The van der Waals surface area contributed by atoms with Gasteiger partial charge in [-0.1, -0.05) is 60.7 Å². The fourth-order valence-corrected chi connectivity index (χ4v) is 5.79. The summed E-state index contributed by atoms with van der Waals surface area (Å²) in [7, 11) is -3.79. The first-order valence-electron chi connectivity index (χ1n) is 12.3. The maximum absolute atomic E-state index is 13.7. The number of halogens is 1. The van der Waals surface area contributed by atoms with Crippen molar-refractivity contribution < 1.29 is 18.0 Å². The summed E-state index contributed by atoms with van der Waals surface area (Å²) in [6.45, 7) is 5.17. The number of aryl methyl sites for hydroxylation is 2. The Hall–Kier alpha value is -2.58. The lowest BCUT2D eigenvalue weighted by molar-refractivity contribution is -0.139. The molecule has 0 aliphatic heterocycles. The number of amides is 2. The van der Waals surface area contributed by atoms with Crippen molar-refractivity contribution in [2.24, 2.45) is 0 Å². The maximum Gasteiger partial charge on any atom is 0.244 e. The summed E-state index contributed by atoms with van der Waals surface area (Å²) in [4.78, 5) is 28.4. The lowest BCUT2D eigenvalue weighted by Gasteiger charge is -2.33. The molecular weight excluding hydrogens is 498 g/mol. The van der Waals surface area contributed by atoms with Gasteiger partial charge >= 0.3 is 0 Å². The van der Waals surface area contributed by atoms with Gasteiger partial charge < -0.3 is 10.2 Å². The highest BCUT2D eigenvalue weighted by Crippen LogP contribution is 2.26. The number of sulfonamides is 1. The fraction of sp³-hybridized carbons (Fsp3) is 0.481. The molecule has 1 N–H and O–H groups in total. The number of nitrogens with zero attached hydrogens (tertiary/aromatic N) is 2. The predicted octanol–water partition coefficient (Wildman–Crippen LogP) is 4.59. The molecule has 0 aromatic heterocycles. The number of benzene rings is 2. The highest BCUT2D eigenvalue weighted by Gasteiger charge is 2.31. The van der Waals surface area contributed by atoms with Crippen LogP contribution in [0.1, 0.15) is 55.7 Å². The van der Waals surface area contributed by atoms with Gasteiger partial charge in [0.2, 0.25) is 21.8 Å². The molecule has 2 aromatic rings. The molecule has 36 heavy (non-hydrogen) atoms. The quantitative estimate of drug-likeness (QED) is 0.511. The van der Waals surface area contributed by atoms with Crippen LogP contribution in [0.25, 0.3) is 0 Å². The molecule has 1 aliphatic carbocycles. The largest absolute Gasteiger partial charge is 0.352 e. The Bertz CT molecular complexity index is 1200. The van der Waals surface area contributed by atoms with Crippen molar-refractivity contribution in [2.45, 2.75) is 71.5 Å². The minimum absolute atomic E-state index is 0.105. The summed E-state index contributed by atoms with van der Waals surface area (Å²) >= 11 is 6.06. The number of nitrogens with one attached hydrogen (secondary N) is 1. The number of hydrogen-bond donors (Lipinski definition) is 1. The third-order valence-electron chi connectivity index (χ3n) is 6.66. The second-order valence-electron chi connectivity index (χ2n) is 9.73. The van der Waals surface area contributed by atoms with E-state index in [1.54, 1.807) is 32.0 Å². The SMILES string of the molecule is Cc1cccc(CN(C(=O)CN(c2ccc(Cl)cc2C)S(C)(=O)=O)[C@@H](C)C(=O)NC2CCCCC2)c1. The smallest absolute Gasteiger partial charge is 0.244 e. The highest BCUT2D eigenvalue weighted by atomic mass is 35.5. The lowest BCUT2D eigenvalue weighted by Crippen LogP contribution is -2.53. The highest BCUT2D eigenvalue weighted by molar-refractivity contribution is 7.92. The van der Waals surface area contributed by atoms with Crippen LogP contribution < -0.4 is 9.62 Å². The Labute approximate surface area is 219 Å². The van der Waals surface area contributed by atoms with Crippen molar-refractivity contribution in [1.82, 2.24) is 10.2 Å². The van der Waals surface area contributed by atoms with Gasteiger partial charge in [-0.2, -0.15) is 0 Å². The molecular formula is C27H36ClN3O4S. The van der Waals surface area contributed by atoms with Crippen molar-refractivity contribution in [2.75, 3.05) is 17.1 Å². The summed E-state index contributed by atoms with van der Waals surface area (Å²) in [6.07, 6.45) is 6.26. The minimum atomic E-state index is -3.79. The van der Waals surface area contributed by atoms with E-state index < -0.39 is 28.5 Å². The van der Waals surface area contributed by atoms with E-state index >= 15 is 0 Å². The molecule has 0 heterocycles. The zero-order valence-electron chi connectivity index (χ0n) is 21.5. The third-order valence-corrected chi connectivity index (χ3v) is 8.02. The number of anilines is 1. The molecule has 1 fully saturated rings. The van der Waals surface area contributed by atoms with Crippen LogP contribution in [0.5, 0.6) is 0 Å². The van der Waals surface area contributed by atoms with Crippen LogP contribution in [0, 0.1) is 13.8 Å². The standard InChI is InChI=1S/C27H36ClN3O4S/c1-19-9-8-10-22(15-19)17-30(21(3)27(33)29-24-11-6-5-7-12-24)26(32)18-31(36(4,34)35)25-14-13-23(28)16-20(25)2/h8-10,13-16,21,24H,5-7,11-12,17-18H2,1-4H3,(H,29,33)/t21-/m0/s1. The number of rotatable bonds is 9. The molecule has 9 heteroatoms. The second kappa shape index (κ2) is 12.1. The second-order valence-corrected chi connectivity index (χ2v) is 12.1. The fourth-order valence-electron chi connectivity index (χ4n) is 4.65. The molecule has 2 aromatic carbocycles. The van der Waals surface area contributed by atoms with Crippen molar-refractivity contribution >= 4 is 39.1 Å². The molecule has 3 rings (SSSR count). The summed E-state index contributed by atoms with van der Waals surface area (Å²) in [5, 5.41) is 3.58. The normalized spacial score (nSPS) is 15.2. The molecule has 1 aliphatic rings. The molecule has 2 amide bonds. The van der Waals surface area contributed by atoms with Gasteiger partial charge in [-0.3, -0.25) is 13.9 Å². The Kier molecular flexibility index (Phi) is 9.41. The van der Waals surface area contributed by atoms with Crippen molar-refractivity contribution in [1.29, 1.82) is 0 Å². The topological polar surface area (TPSA) is 86.8 Å². The van der Waals surface area contributed by atoms with Crippen LogP contribution in [0.4, 0.5) is 5.69 Å². The summed E-state index contributed by atoms with van der Waals surface area (Å²) < 4.78 is 26.6. The van der Waals surface area contributed by atoms with Crippen LogP contribution in [-0.2, 0) is 26.2 Å². The molecule has 196 valence electrons. The van der Waals surface area contributed by atoms with E-state index in [0.717, 1.165) is 47.4 Å². The number of carbonyl (C=O) groups excluding carboxylic acids is 2. The van der Waals surface area contributed by atoms with E-state index in [1.165, 1.54) is 11.3 Å². The van der Waals surface area contributed by atoms with Gasteiger partial charge in [-0.15, -0.1) is 0 Å². The Morgan fingerprint density at radius 3 is 2.39 bits per heavy atom. The van der Waals surface area contributed by atoms with Crippen LogP contribution in [-0.4, -0.2) is 50.0 Å². The zero-order chi connectivity index (χ0) is 26.5. The van der Waals surface area contributed by atoms with Crippen LogP contribution in [0.2, 0.25) is 5.02 Å². The summed E-state index contributed by atoms with van der Waals surface area (Å²) in [5.74, 6) is -0.681.